The van der Waals surface area contributed by atoms with Gasteiger partial charge < -0.3 is 9.47 Å². The highest BCUT2D eigenvalue weighted by Gasteiger charge is 2.16. The molecule has 0 aromatic carbocycles. The smallest absolute Gasteiger partial charge is 0.313 e. The summed E-state index contributed by atoms with van der Waals surface area (Å²) in [5, 5.41) is 0. The fraction of sp³-hybridized carbons (Fsp3) is 0.700. The van der Waals surface area contributed by atoms with Crippen molar-refractivity contribution in [2.45, 2.75) is 26.2 Å². The van der Waals surface area contributed by atoms with Crippen LogP contribution in [0.25, 0.3) is 0 Å². The van der Waals surface area contributed by atoms with Gasteiger partial charge in [0.25, 0.3) is 0 Å². The molecule has 0 aliphatic carbocycles. The van der Waals surface area contributed by atoms with Crippen molar-refractivity contribution in [1.82, 2.24) is 0 Å². The molecule has 0 bridgehead atoms. The zero-order valence-electron chi connectivity index (χ0n) is 9.24. The largest absolute Gasteiger partial charge is 0.469 e. The lowest BCUT2D eigenvalue weighted by Gasteiger charge is -2.08. The number of hydrogen-bond acceptors (Lipinski definition) is 5. The fourth-order valence-electron chi connectivity index (χ4n) is 1.13. The maximum Gasteiger partial charge on any atom is 0.313 e. The van der Waals surface area contributed by atoms with Gasteiger partial charge in [-0.05, 0) is 5.92 Å². The summed E-state index contributed by atoms with van der Waals surface area (Å²) in [6.45, 7) is 1.76. The van der Waals surface area contributed by atoms with Crippen molar-refractivity contribution in [3.05, 3.63) is 0 Å². The van der Waals surface area contributed by atoms with Crippen molar-refractivity contribution in [3.63, 3.8) is 0 Å². The second-order valence-corrected chi connectivity index (χ2v) is 3.38. The van der Waals surface area contributed by atoms with E-state index in [-0.39, 0.29) is 36.9 Å². The van der Waals surface area contributed by atoms with Crippen LogP contribution in [-0.2, 0) is 23.9 Å². The van der Waals surface area contributed by atoms with E-state index in [1.54, 1.807) is 6.92 Å². The maximum absolute atomic E-state index is 11.2. The third-order valence-corrected chi connectivity index (χ3v) is 1.89. The van der Waals surface area contributed by atoms with E-state index >= 15 is 0 Å². The SMILES string of the molecule is COC(=O)CC(=O)C[C@@H](C)CC(=O)OC. The number of ketones is 1. The molecule has 5 heteroatoms. The first-order chi connectivity index (χ1) is 6.99. The second kappa shape index (κ2) is 6.98. The molecule has 0 aliphatic rings. The molecule has 0 radical (unpaired) electrons. The molecule has 0 aromatic rings. The molecule has 0 aliphatic heterocycles. The van der Waals surface area contributed by atoms with E-state index in [4.69, 9.17) is 0 Å². The van der Waals surface area contributed by atoms with Gasteiger partial charge in [-0.25, -0.2) is 0 Å². The lowest BCUT2D eigenvalue weighted by atomic mass is 10.00. The lowest BCUT2D eigenvalue weighted by Crippen LogP contribution is -2.15. The Morgan fingerprint density at radius 2 is 1.53 bits per heavy atom. The number of methoxy groups -OCH3 is 2. The van der Waals surface area contributed by atoms with Crippen LogP contribution in [0, 0.1) is 5.92 Å². The molecular formula is C10H16O5. The average molecular weight is 216 g/mol. The minimum absolute atomic E-state index is 0.116. The summed E-state index contributed by atoms with van der Waals surface area (Å²) in [5.41, 5.74) is 0. The quantitative estimate of drug-likeness (QED) is 0.483. The van der Waals surface area contributed by atoms with Crippen molar-refractivity contribution in [3.8, 4) is 0 Å². The Balaban J connectivity index is 3.86. The third kappa shape index (κ3) is 6.65. The highest BCUT2D eigenvalue weighted by molar-refractivity contribution is 5.95. The van der Waals surface area contributed by atoms with Crippen LogP contribution in [-0.4, -0.2) is 31.9 Å². The molecule has 5 nitrogen and oxygen atoms in total. The molecule has 0 spiro atoms. The van der Waals surface area contributed by atoms with E-state index in [1.165, 1.54) is 14.2 Å². The van der Waals surface area contributed by atoms with Crippen molar-refractivity contribution in [1.29, 1.82) is 0 Å². The van der Waals surface area contributed by atoms with Gasteiger partial charge in [0.2, 0.25) is 0 Å². The number of rotatable bonds is 6. The first-order valence-corrected chi connectivity index (χ1v) is 4.65. The molecule has 15 heavy (non-hydrogen) atoms. The Morgan fingerprint density at radius 3 is 2.00 bits per heavy atom. The summed E-state index contributed by atoms with van der Waals surface area (Å²) in [5.74, 6) is -1.24. The van der Waals surface area contributed by atoms with Crippen LogP contribution in [0.15, 0.2) is 0 Å². The molecule has 0 amide bonds. The summed E-state index contributed by atoms with van der Waals surface area (Å²) in [4.78, 5) is 32.8. The van der Waals surface area contributed by atoms with Crippen LogP contribution in [0.5, 0.6) is 0 Å². The van der Waals surface area contributed by atoms with Gasteiger partial charge in [-0.15, -0.1) is 0 Å². The van der Waals surface area contributed by atoms with Gasteiger partial charge in [0.15, 0.2) is 0 Å². The van der Waals surface area contributed by atoms with Crippen LogP contribution < -0.4 is 0 Å². The molecule has 1 atom stereocenters. The van der Waals surface area contributed by atoms with E-state index < -0.39 is 5.97 Å². The van der Waals surface area contributed by atoms with Gasteiger partial charge in [-0.2, -0.15) is 0 Å². The average Bonchev–Trinajstić information content (AvgIpc) is 2.16. The van der Waals surface area contributed by atoms with E-state index in [1.807, 2.05) is 0 Å². The standard InChI is InChI=1S/C10H16O5/c1-7(5-9(12)14-2)4-8(11)6-10(13)15-3/h7H,4-6H2,1-3H3/t7-/m1/s1. The molecule has 0 heterocycles. The van der Waals surface area contributed by atoms with Crippen molar-refractivity contribution < 1.29 is 23.9 Å². The molecule has 0 unspecified atom stereocenters. The molecule has 0 aromatic heterocycles. The zero-order chi connectivity index (χ0) is 11.8. The summed E-state index contributed by atoms with van der Waals surface area (Å²) >= 11 is 0. The van der Waals surface area contributed by atoms with Crippen LogP contribution in [0.4, 0.5) is 0 Å². The van der Waals surface area contributed by atoms with E-state index in [2.05, 4.69) is 9.47 Å². The van der Waals surface area contributed by atoms with Crippen LogP contribution in [0.1, 0.15) is 26.2 Å². The second-order valence-electron chi connectivity index (χ2n) is 3.38. The molecular weight excluding hydrogens is 200 g/mol. The summed E-state index contributed by atoms with van der Waals surface area (Å²) in [6.07, 6.45) is 0.135. The maximum atomic E-state index is 11.2. The Kier molecular flexibility index (Phi) is 6.33. The fourth-order valence-corrected chi connectivity index (χ4v) is 1.13. The van der Waals surface area contributed by atoms with Crippen molar-refractivity contribution >= 4 is 17.7 Å². The molecule has 0 saturated heterocycles. The Morgan fingerprint density at radius 1 is 1.00 bits per heavy atom. The van der Waals surface area contributed by atoms with Crippen molar-refractivity contribution in [2.75, 3.05) is 14.2 Å². The topological polar surface area (TPSA) is 69.7 Å². The van der Waals surface area contributed by atoms with E-state index in [9.17, 15) is 14.4 Å². The number of esters is 2. The predicted molar refractivity (Wildman–Crippen MR) is 52.1 cm³/mol. The normalized spacial score (nSPS) is 11.7. The summed E-state index contributed by atoms with van der Waals surface area (Å²) in [6, 6.07) is 0. The lowest BCUT2D eigenvalue weighted by molar-refractivity contribution is -0.143. The van der Waals surface area contributed by atoms with Gasteiger partial charge in [-0.1, -0.05) is 6.92 Å². The van der Waals surface area contributed by atoms with Gasteiger partial charge in [-0.3, -0.25) is 14.4 Å². The van der Waals surface area contributed by atoms with Crippen LogP contribution in [0.2, 0.25) is 0 Å². The highest BCUT2D eigenvalue weighted by atomic mass is 16.5. The molecule has 0 saturated carbocycles. The van der Waals surface area contributed by atoms with Crippen molar-refractivity contribution in [2.24, 2.45) is 5.92 Å². The van der Waals surface area contributed by atoms with Crippen LogP contribution >= 0.6 is 0 Å². The molecule has 0 fully saturated rings. The number of carbonyl (C=O) groups is 3. The zero-order valence-corrected chi connectivity index (χ0v) is 9.24. The summed E-state index contributed by atoms with van der Waals surface area (Å²) < 4.78 is 8.82. The van der Waals surface area contributed by atoms with Gasteiger partial charge in [0.05, 0.1) is 14.2 Å². The predicted octanol–water partition coefficient (Wildman–Crippen LogP) is 0.708. The molecule has 0 N–H and O–H groups in total. The van der Waals surface area contributed by atoms with Gasteiger partial charge in [0.1, 0.15) is 12.2 Å². The van der Waals surface area contributed by atoms with Gasteiger partial charge in [0, 0.05) is 12.8 Å². The number of carbonyl (C=O) groups excluding carboxylic acids is 3. The minimum Gasteiger partial charge on any atom is -0.469 e. The molecule has 86 valence electrons. The first-order valence-electron chi connectivity index (χ1n) is 4.65. The number of Topliss-reactive ketones (excluding diaryl/α,β-unsaturated/α-hetero) is 1. The third-order valence-electron chi connectivity index (χ3n) is 1.89. The number of hydrogen-bond donors (Lipinski definition) is 0. The van der Waals surface area contributed by atoms with Gasteiger partial charge >= 0.3 is 11.9 Å². The van der Waals surface area contributed by atoms with E-state index in [0.717, 1.165) is 0 Å². The summed E-state index contributed by atoms with van der Waals surface area (Å²) in [7, 11) is 2.53. The molecule has 0 rings (SSSR count). The van der Waals surface area contributed by atoms with E-state index in [0.29, 0.717) is 0 Å². The number of ether oxygens (including phenoxy) is 2. The van der Waals surface area contributed by atoms with Crippen LogP contribution in [0.3, 0.4) is 0 Å². The Labute approximate surface area is 88.7 Å². The monoisotopic (exact) mass is 216 g/mol. The Bertz CT molecular complexity index is 246. The Hall–Kier alpha value is -1.39. The minimum atomic E-state index is -0.551. The first kappa shape index (κ1) is 13.6. The highest BCUT2D eigenvalue weighted by Crippen LogP contribution is 2.10.